The second-order valence-electron chi connectivity index (χ2n) is 8.78. The minimum Gasteiger partial charge on any atom is -0.444 e. The van der Waals surface area contributed by atoms with Gasteiger partial charge in [-0.25, -0.2) is 13.2 Å². The Bertz CT molecular complexity index is 850. The number of nitrogens with zero attached hydrogens (tertiary/aromatic N) is 3. The van der Waals surface area contributed by atoms with Gasteiger partial charge in [-0.2, -0.15) is 4.31 Å². The van der Waals surface area contributed by atoms with Gasteiger partial charge in [0, 0.05) is 45.2 Å². The van der Waals surface area contributed by atoms with Crippen molar-refractivity contribution >= 4 is 22.0 Å². The fourth-order valence-corrected chi connectivity index (χ4v) is 5.23. The maximum atomic E-state index is 12.9. The van der Waals surface area contributed by atoms with E-state index in [-0.39, 0.29) is 22.8 Å². The summed E-state index contributed by atoms with van der Waals surface area (Å²) in [5.41, 5.74) is -0.538. The first kappa shape index (κ1) is 22.6. The van der Waals surface area contributed by atoms with Crippen molar-refractivity contribution in [3.63, 3.8) is 0 Å². The molecule has 1 aromatic rings. The molecule has 0 N–H and O–H groups in total. The summed E-state index contributed by atoms with van der Waals surface area (Å²) >= 11 is 0. The van der Waals surface area contributed by atoms with E-state index in [1.165, 1.54) is 4.31 Å². The molecule has 9 heteroatoms. The highest BCUT2D eigenvalue weighted by Gasteiger charge is 2.35. The van der Waals surface area contributed by atoms with Crippen LogP contribution in [0.3, 0.4) is 0 Å². The number of ether oxygens (including phenoxy) is 1. The molecule has 2 fully saturated rings. The molecule has 0 unspecified atom stereocenters. The first-order chi connectivity index (χ1) is 14.1. The predicted molar refractivity (Wildman–Crippen MR) is 112 cm³/mol. The van der Waals surface area contributed by atoms with Crippen LogP contribution >= 0.6 is 0 Å². The summed E-state index contributed by atoms with van der Waals surface area (Å²) in [6.07, 6.45) is 0.856. The minimum absolute atomic E-state index is 0.0515. The number of rotatable bonds is 3. The number of piperidine rings is 1. The summed E-state index contributed by atoms with van der Waals surface area (Å²) in [5.74, 6) is -0.0865. The lowest BCUT2D eigenvalue weighted by atomic mass is 9.95. The third-order valence-corrected chi connectivity index (χ3v) is 7.34. The molecule has 0 aliphatic carbocycles. The molecule has 2 aliphatic rings. The average Bonchev–Trinajstić information content (AvgIpc) is 2.73. The van der Waals surface area contributed by atoms with E-state index in [2.05, 4.69) is 0 Å². The standard InChI is InChI=1S/C21H31N3O5S/c1-21(2,3)29-20(26)23-11-9-17(10-12-23)19(25)22-13-15-24(16-14-22)30(27,28)18-7-5-4-6-8-18/h4-8,17H,9-16H2,1-3H3. The molecule has 0 radical (unpaired) electrons. The molecule has 0 atom stereocenters. The number of carbonyl (C=O) groups excluding carboxylic acids is 2. The third-order valence-electron chi connectivity index (χ3n) is 5.43. The van der Waals surface area contributed by atoms with Gasteiger partial charge in [-0.05, 0) is 45.7 Å². The van der Waals surface area contributed by atoms with Gasteiger partial charge in [-0.1, -0.05) is 18.2 Å². The van der Waals surface area contributed by atoms with Crippen molar-refractivity contribution in [2.24, 2.45) is 5.92 Å². The fraction of sp³-hybridized carbons (Fsp3) is 0.619. The normalized spacial score (nSPS) is 19.6. The Morgan fingerprint density at radius 2 is 1.47 bits per heavy atom. The molecule has 0 spiro atoms. The van der Waals surface area contributed by atoms with Gasteiger partial charge in [0.25, 0.3) is 0 Å². The van der Waals surface area contributed by atoms with Gasteiger partial charge in [0.1, 0.15) is 5.60 Å². The van der Waals surface area contributed by atoms with Crippen molar-refractivity contribution in [1.29, 1.82) is 0 Å². The van der Waals surface area contributed by atoms with Crippen LogP contribution in [0.5, 0.6) is 0 Å². The first-order valence-corrected chi connectivity index (χ1v) is 11.8. The van der Waals surface area contributed by atoms with E-state index < -0.39 is 15.6 Å². The van der Waals surface area contributed by atoms with Crippen LogP contribution in [-0.2, 0) is 19.6 Å². The number of piperazine rings is 1. The van der Waals surface area contributed by atoms with Gasteiger partial charge in [0.05, 0.1) is 4.90 Å². The number of hydrogen-bond acceptors (Lipinski definition) is 5. The Labute approximate surface area is 178 Å². The lowest BCUT2D eigenvalue weighted by molar-refractivity contribution is -0.138. The molecule has 2 amide bonds. The maximum absolute atomic E-state index is 12.9. The summed E-state index contributed by atoms with van der Waals surface area (Å²) in [4.78, 5) is 28.8. The second-order valence-corrected chi connectivity index (χ2v) is 10.7. The van der Waals surface area contributed by atoms with Crippen LogP contribution in [0.25, 0.3) is 0 Å². The summed E-state index contributed by atoms with van der Waals surface area (Å²) in [7, 11) is -3.53. The Morgan fingerprint density at radius 3 is 2.00 bits per heavy atom. The van der Waals surface area contributed by atoms with Gasteiger partial charge in [0.15, 0.2) is 0 Å². The van der Waals surface area contributed by atoms with Gasteiger partial charge in [-0.15, -0.1) is 0 Å². The highest BCUT2D eigenvalue weighted by atomic mass is 32.2. The van der Waals surface area contributed by atoms with Crippen LogP contribution < -0.4 is 0 Å². The van der Waals surface area contributed by atoms with E-state index in [1.54, 1.807) is 40.1 Å². The average molecular weight is 438 g/mol. The topological polar surface area (TPSA) is 87.2 Å². The zero-order valence-electron chi connectivity index (χ0n) is 17.9. The van der Waals surface area contributed by atoms with Gasteiger partial charge in [0.2, 0.25) is 15.9 Å². The highest BCUT2D eigenvalue weighted by molar-refractivity contribution is 7.89. The predicted octanol–water partition coefficient (Wildman–Crippen LogP) is 2.17. The largest absolute Gasteiger partial charge is 0.444 e. The molecular weight excluding hydrogens is 406 g/mol. The van der Waals surface area contributed by atoms with Crippen molar-refractivity contribution in [2.75, 3.05) is 39.3 Å². The third kappa shape index (κ3) is 5.31. The maximum Gasteiger partial charge on any atom is 0.410 e. The number of amides is 2. The van der Waals surface area contributed by atoms with E-state index in [4.69, 9.17) is 4.74 Å². The second kappa shape index (κ2) is 8.93. The molecule has 3 rings (SSSR count). The smallest absolute Gasteiger partial charge is 0.410 e. The molecule has 30 heavy (non-hydrogen) atoms. The highest BCUT2D eigenvalue weighted by Crippen LogP contribution is 2.23. The summed E-state index contributed by atoms with van der Waals surface area (Å²) in [6, 6.07) is 8.37. The molecule has 8 nitrogen and oxygen atoms in total. The van der Waals surface area contributed by atoms with Crippen molar-refractivity contribution in [3.8, 4) is 0 Å². The molecular formula is C21H31N3O5S. The lowest BCUT2D eigenvalue weighted by Gasteiger charge is -2.38. The number of benzene rings is 1. The molecule has 0 bridgehead atoms. The Morgan fingerprint density at radius 1 is 0.900 bits per heavy atom. The van der Waals surface area contributed by atoms with E-state index in [0.717, 1.165) is 0 Å². The minimum atomic E-state index is -3.53. The molecule has 2 heterocycles. The number of carbonyl (C=O) groups is 2. The van der Waals surface area contributed by atoms with Crippen LogP contribution in [-0.4, -0.2) is 79.4 Å². The number of likely N-dealkylation sites (tertiary alicyclic amines) is 1. The van der Waals surface area contributed by atoms with Gasteiger partial charge in [-0.3, -0.25) is 4.79 Å². The summed E-state index contributed by atoms with van der Waals surface area (Å²) in [5, 5.41) is 0. The zero-order valence-corrected chi connectivity index (χ0v) is 18.7. The summed E-state index contributed by atoms with van der Waals surface area (Å²) in [6.45, 7) is 7.84. The van der Waals surface area contributed by atoms with Gasteiger partial charge < -0.3 is 14.5 Å². The van der Waals surface area contributed by atoms with Crippen molar-refractivity contribution in [1.82, 2.24) is 14.1 Å². The van der Waals surface area contributed by atoms with Crippen molar-refractivity contribution < 1.29 is 22.7 Å². The molecule has 0 saturated carbocycles. The van der Waals surface area contributed by atoms with Gasteiger partial charge >= 0.3 is 6.09 Å². The molecule has 2 saturated heterocycles. The lowest BCUT2D eigenvalue weighted by Crippen LogP contribution is -2.53. The molecule has 166 valence electrons. The van der Waals surface area contributed by atoms with Crippen LogP contribution in [0.1, 0.15) is 33.6 Å². The monoisotopic (exact) mass is 437 g/mol. The Hall–Kier alpha value is -2.13. The fourth-order valence-electron chi connectivity index (χ4n) is 3.78. The quantitative estimate of drug-likeness (QED) is 0.723. The number of sulfonamides is 1. The Kier molecular flexibility index (Phi) is 6.71. The zero-order chi connectivity index (χ0) is 21.9. The van der Waals surface area contributed by atoms with Crippen molar-refractivity contribution in [2.45, 2.75) is 44.1 Å². The molecule has 2 aliphatic heterocycles. The van der Waals surface area contributed by atoms with E-state index in [9.17, 15) is 18.0 Å². The summed E-state index contributed by atoms with van der Waals surface area (Å²) < 4.78 is 32.3. The Balaban J connectivity index is 1.50. The van der Waals surface area contributed by atoms with Crippen LogP contribution in [0.4, 0.5) is 4.79 Å². The number of hydrogen-bond donors (Lipinski definition) is 0. The molecule has 1 aromatic carbocycles. The van der Waals surface area contributed by atoms with E-state index in [0.29, 0.717) is 52.1 Å². The van der Waals surface area contributed by atoms with Crippen LogP contribution in [0, 0.1) is 5.92 Å². The van der Waals surface area contributed by atoms with E-state index in [1.807, 2.05) is 20.8 Å². The molecule has 0 aromatic heterocycles. The van der Waals surface area contributed by atoms with Crippen LogP contribution in [0.2, 0.25) is 0 Å². The van der Waals surface area contributed by atoms with E-state index >= 15 is 0 Å². The van der Waals surface area contributed by atoms with Crippen LogP contribution in [0.15, 0.2) is 35.2 Å². The first-order valence-electron chi connectivity index (χ1n) is 10.4. The van der Waals surface area contributed by atoms with Crippen molar-refractivity contribution in [3.05, 3.63) is 30.3 Å². The SMILES string of the molecule is CC(C)(C)OC(=O)N1CCC(C(=O)N2CCN(S(=O)(=O)c3ccccc3)CC2)CC1.